The summed E-state index contributed by atoms with van der Waals surface area (Å²) in [4.78, 5) is 11.9. The van der Waals surface area contributed by atoms with Crippen molar-refractivity contribution in [2.24, 2.45) is 0 Å². The van der Waals surface area contributed by atoms with Crippen LogP contribution in [0.3, 0.4) is 0 Å². The highest BCUT2D eigenvalue weighted by Crippen LogP contribution is 2.09. The maximum Gasteiger partial charge on any atom is 0.239 e. The summed E-state index contributed by atoms with van der Waals surface area (Å²) in [5.74, 6) is 0.0194. The van der Waals surface area contributed by atoms with Gasteiger partial charge in [-0.25, -0.2) is 0 Å². The lowest BCUT2D eigenvalue weighted by Gasteiger charge is -2.23. The molecule has 0 heterocycles. The maximum absolute atomic E-state index is 11.9. The molecule has 2 N–H and O–H groups in total. The molecule has 17 heavy (non-hydrogen) atoms. The van der Waals surface area contributed by atoms with Crippen LogP contribution in [0.5, 0.6) is 0 Å². The van der Waals surface area contributed by atoms with Crippen LogP contribution in [0.25, 0.3) is 0 Å². The fourth-order valence-corrected chi connectivity index (χ4v) is 1.58. The van der Waals surface area contributed by atoms with Gasteiger partial charge in [-0.2, -0.15) is 0 Å². The van der Waals surface area contributed by atoms with E-state index in [1.54, 1.807) is 7.05 Å². The van der Waals surface area contributed by atoms with Crippen molar-refractivity contribution in [3.8, 4) is 0 Å². The molecular formula is C14H22N2O. The van der Waals surface area contributed by atoms with Crippen LogP contribution in [0.1, 0.15) is 31.9 Å². The van der Waals surface area contributed by atoms with Crippen molar-refractivity contribution in [2.45, 2.75) is 39.3 Å². The number of hydrogen-bond donors (Lipinski definition) is 2. The average molecular weight is 234 g/mol. The zero-order chi connectivity index (χ0) is 12.9. The number of carbonyl (C=O) groups excluding carboxylic acids is 1. The van der Waals surface area contributed by atoms with Crippen molar-refractivity contribution in [3.63, 3.8) is 0 Å². The van der Waals surface area contributed by atoms with Gasteiger partial charge < -0.3 is 10.6 Å². The van der Waals surface area contributed by atoms with E-state index in [4.69, 9.17) is 0 Å². The topological polar surface area (TPSA) is 41.1 Å². The lowest BCUT2D eigenvalue weighted by molar-refractivity contribution is -0.126. The van der Waals surface area contributed by atoms with E-state index >= 15 is 0 Å². The molecule has 1 rings (SSSR count). The van der Waals surface area contributed by atoms with Gasteiger partial charge >= 0.3 is 0 Å². The molecule has 0 aliphatic carbocycles. The Morgan fingerprint density at radius 1 is 1.24 bits per heavy atom. The van der Waals surface area contributed by atoms with Crippen LogP contribution in [0.4, 0.5) is 0 Å². The molecule has 0 aromatic heterocycles. The SMILES string of the molecule is CCc1ccccc1CNC(=O)C(C)(C)NC. The summed E-state index contributed by atoms with van der Waals surface area (Å²) in [6.45, 7) is 6.45. The monoisotopic (exact) mass is 234 g/mol. The number of nitrogens with one attached hydrogen (secondary N) is 2. The molecule has 1 aromatic carbocycles. The van der Waals surface area contributed by atoms with Gasteiger partial charge in [0.25, 0.3) is 0 Å². The molecule has 0 aliphatic rings. The highest BCUT2D eigenvalue weighted by molar-refractivity contribution is 5.85. The predicted octanol–water partition coefficient (Wildman–Crippen LogP) is 1.86. The Balaban J connectivity index is 2.65. The van der Waals surface area contributed by atoms with Gasteiger partial charge in [0.05, 0.1) is 5.54 Å². The van der Waals surface area contributed by atoms with Crippen LogP contribution in [-0.2, 0) is 17.8 Å². The fraction of sp³-hybridized carbons (Fsp3) is 0.500. The Morgan fingerprint density at radius 3 is 2.35 bits per heavy atom. The first-order valence-corrected chi connectivity index (χ1v) is 6.05. The maximum atomic E-state index is 11.9. The molecule has 1 aromatic rings. The van der Waals surface area contributed by atoms with Crippen LogP contribution in [0, 0.1) is 0 Å². The fourth-order valence-electron chi connectivity index (χ4n) is 1.58. The number of rotatable bonds is 5. The van der Waals surface area contributed by atoms with E-state index in [1.807, 2.05) is 26.0 Å². The minimum absolute atomic E-state index is 0.0194. The molecule has 0 spiro atoms. The summed E-state index contributed by atoms with van der Waals surface area (Å²) in [5, 5.41) is 5.96. The summed E-state index contributed by atoms with van der Waals surface area (Å²) >= 11 is 0. The molecule has 0 aliphatic heterocycles. The first kappa shape index (κ1) is 13.7. The lowest BCUT2D eigenvalue weighted by atomic mass is 10.0. The average Bonchev–Trinajstić information content (AvgIpc) is 2.36. The second kappa shape index (κ2) is 5.82. The third-order valence-corrected chi connectivity index (χ3v) is 3.13. The first-order valence-electron chi connectivity index (χ1n) is 6.05. The number of likely N-dealkylation sites (N-methyl/N-ethyl adjacent to an activating group) is 1. The van der Waals surface area contributed by atoms with E-state index in [2.05, 4.69) is 29.7 Å². The van der Waals surface area contributed by atoms with E-state index in [-0.39, 0.29) is 5.91 Å². The zero-order valence-electron chi connectivity index (χ0n) is 11.1. The lowest BCUT2D eigenvalue weighted by Crippen LogP contribution is -2.50. The molecule has 3 nitrogen and oxygen atoms in total. The Hall–Kier alpha value is -1.35. The smallest absolute Gasteiger partial charge is 0.239 e. The van der Waals surface area contributed by atoms with Crippen LogP contribution >= 0.6 is 0 Å². The standard InChI is InChI=1S/C14H22N2O/c1-5-11-8-6-7-9-12(11)10-16-13(17)14(2,3)15-4/h6-9,15H,5,10H2,1-4H3,(H,16,17). The second-order valence-corrected chi connectivity index (χ2v) is 4.68. The third kappa shape index (κ3) is 3.56. The molecule has 0 saturated heterocycles. The van der Waals surface area contributed by atoms with Crippen molar-refractivity contribution >= 4 is 5.91 Å². The molecule has 1 amide bonds. The van der Waals surface area contributed by atoms with Crippen LogP contribution in [0.15, 0.2) is 24.3 Å². The molecule has 0 radical (unpaired) electrons. The molecule has 0 bridgehead atoms. The molecule has 3 heteroatoms. The molecule has 0 atom stereocenters. The summed E-state index contributed by atoms with van der Waals surface area (Å²) in [6.07, 6.45) is 0.988. The highest BCUT2D eigenvalue weighted by Gasteiger charge is 2.24. The van der Waals surface area contributed by atoms with E-state index < -0.39 is 5.54 Å². The largest absolute Gasteiger partial charge is 0.350 e. The van der Waals surface area contributed by atoms with Gasteiger partial charge in [-0.15, -0.1) is 0 Å². The van der Waals surface area contributed by atoms with Crippen molar-refractivity contribution in [1.29, 1.82) is 0 Å². The van der Waals surface area contributed by atoms with Crippen molar-refractivity contribution in [3.05, 3.63) is 35.4 Å². The number of benzene rings is 1. The van der Waals surface area contributed by atoms with Gasteiger partial charge in [0, 0.05) is 6.54 Å². The van der Waals surface area contributed by atoms with Gasteiger partial charge in [-0.1, -0.05) is 31.2 Å². The van der Waals surface area contributed by atoms with E-state index in [9.17, 15) is 4.79 Å². The van der Waals surface area contributed by atoms with Crippen LogP contribution in [-0.4, -0.2) is 18.5 Å². The normalized spacial score (nSPS) is 11.3. The molecule has 0 unspecified atom stereocenters. The molecule has 94 valence electrons. The van der Waals surface area contributed by atoms with E-state index in [0.29, 0.717) is 6.54 Å². The number of aryl methyl sites for hydroxylation is 1. The van der Waals surface area contributed by atoms with Crippen molar-refractivity contribution in [1.82, 2.24) is 10.6 Å². The molecular weight excluding hydrogens is 212 g/mol. The number of hydrogen-bond acceptors (Lipinski definition) is 2. The molecule has 0 saturated carbocycles. The Labute approximate surface area is 104 Å². The number of amides is 1. The minimum atomic E-state index is -0.527. The zero-order valence-corrected chi connectivity index (χ0v) is 11.1. The van der Waals surface area contributed by atoms with Gasteiger partial charge in [-0.3, -0.25) is 4.79 Å². The van der Waals surface area contributed by atoms with Gasteiger partial charge in [0.2, 0.25) is 5.91 Å². The summed E-state index contributed by atoms with van der Waals surface area (Å²) in [7, 11) is 1.79. The van der Waals surface area contributed by atoms with Gasteiger partial charge in [0.15, 0.2) is 0 Å². The summed E-state index contributed by atoms with van der Waals surface area (Å²) in [5.41, 5.74) is 1.95. The van der Waals surface area contributed by atoms with Gasteiger partial charge in [-0.05, 0) is 38.4 Å². The Kier molecular flexibility index (Phi) is 4.70. The second-order valence-electron chi connectivity index (χ2n) is 4.68. The minimum Gasteiger partial charge on any atom is -0.350 e. The van der Waals surface area contributed by atoms with Crippen LogP contribution in [0.2, 0.25) is 0 Å². The van der Waals surface area contributed by atoms with E-state index in [1.165, 1.54) is 11.1 Å². The summed E-state index contributed by atoms with van der Waals surface area (Å²) < 4.78 is 0. The quantitative estimate of drug-likeness (QED) is 0.816. The first-order chi connectivity index (χ1) is 8.01. The van der Waals surface area contributed by atoms with Crippen molar-refractivity contribution in [2.75, 3.05) is 7.05 Å². The van der Waals surface area contributed by atoms with E-state index in [0.717, 1.165) is 6.42 Å². The summed E-state index contributed by atoms with van der Waals surface area (Å²) in [6, 6.07) is 8.20. The number of carbonyl (C=O) groups is 1. The van der Waals surface area contributed by atoms with Gasteiger partial charge in [0.1, 0.15) is 0 Å². The Morgan fingerprint density at radius 2 is 1.82 bits per heavy atom. The van der Waals surface area contributed by atoms with Crippen molar-refractivity contribution < 1.29 is 4.79 Å². The molecule has 0 fully saturated rings. The third-order valence-electron chi connectivity index (χ3n) is 3.13. The van der Waals surface area contributed by atoms with Crippen LogP contribution < -0.4 is 10.6 Å². The highest BCUT2D eigenvalue weighted by atomic mass is 16.2. The predicted molar refractivity (Wildman–Crippen MR) is 70.8 cm³/mol. The Bertz CT molecular complexity index is 386.